The van der Waals surface area contributed by atoms with E-state index >= 15 is 0 Å². The van der Waals surface area contributed by atoms with Crippen LogP contribution in [0.4, 0.5) is 5.69 Å². The number of allylic oxidation sites excluding steroid dienone is 1. The number of aldehydes is 1. The Labute approximate surface area is 96.6 Å². The molecule has 0 atom stereocenters. The van der Waals surface area contributed by atoms with E-state index in [4.69, 9.17) is 0 Å². The van der Waals surface area contributed by atoms with Crippen LogP contribution in [0, 0.1) is 10.1 Å². The Hall–Kier alpha value is -2.56. The van der Waals surface area contributed by atoms with Gasteiger partial charge in [-0.3, -0.25) is 14.9 Å². The molecule has 0 N–H and O–H groups in total. The molecule has 2 aromatic rings. The summed E-state index contributed by atoms with van der Waals surface area (Å²) in [6.45, 7) is 0. The second-order valence-electron chi connectivity index (χ2n) is 3.33. The van der Waals surface area contributed by atoms with Crippen molar-refractivity contribution in [3.63, 3.8) is 0 Å². The molecule has 84 valence electrons. The van der Waals surface area contributed by atoms with Gasteiger partial charge in [0.1, 0.15) is 11.8 Å². The van der Waals surface area contributed by atoms with Crippen LogP contribution in [0.3, 0.4) is 0 Å². The Bertz CT molecular complexity index is 620. The van der Waals surface area contributed by atoms with Gasteiger partial charge in [0.25, 0.3) is 5.69 Å². The van der Waals surface area contributed by atoms with Crippen LogP contribution < -0.4 is 0 Å². The highest BCUT2D eigenvalue weighted by Crippen LogP contribution is 2.26. The maximum atomic E-state index is 10.8. The number of aromatic nitrogens is 1. The number of nitro benzene ring substituents is 1. The molecule has 0 saturated heterocycles. The number of non-ortho nitro benzene ring substituents is 1. The highest BCUT2D eigenvalue weighted by Gasteiger charge is 2.13. The topological polar surface area (TPSA) is 73.1 Å². The van der Waals surface area contributed by atoms with Crippen LogP contribution >= 0.6 is 0 Å². The van der Waals surface area contributed by atoms with Gasteiger partial charge in [0.05, 0.1) is 4.92 Å². The van der Waals surface area contributed by atoms with Crippen LogP contribution in [0.15, 0.2) is 36.5 Å². The highest BCUT2D eigenvalue weighted by atomic mass is 16.6. The van der Waals surface area contributed by atoms with Gasteiger partial charge in [-0.2, -0.15) is 0 Å². The molecule has 0 bridgehead atoms. The van der Waals surface area contributed by atoms with E-state index < -0.39 is 4.92 Å². The van der Waals surface area contributed by atoms with Gasteiger partial charge in [0, 0.05) is 17.6 Å². The van der Waals surface area contributed by atoms with Crippen LogP contribution in [0.2, 0.25) is 0 Å². The van der Waals surface area contributed by atoms with E-state index in [9.17, 15) is 14.9 Å². The summed E-state index contributed by atoms with van der Waals surface area (Å²) in [6.07, 6.45) is 5.08. The SMILES string of the molecule is O=CC=Cc1ccnc2c([N+](=O)[O-])cccc12. The van der Waals surface area contributed by atoms with Crippen LogP contribution in [-0.2, 0) is 4.79 Å². The Morgan fingerprint density at radius 1 is 1.29 bits per heavy atom. The summed E-state index contributed by atoms with van der Waals surface area (Å²) in [4.78, 5) is 24.6. The third-order valence-electron chi connectivity index (χ3n) is 2.33. The minimum Gasteiger partial charge on any atom is -0.299 e. The zero-order valence-corrected chi connectivity index (χ0v) is 8.74. The number of fused-ring (bicyclic) bond motifs is 1. The molecule has 0 aliphatic heterocycles. The predicted octanol–water partition coefficient (Wildman–Crippen LogP) is 2.36. The van der Waals surface area contributed by atoms with E-state index in [1.807, 2.05) is 0 Å². The van der Waals surface area contributed by atoms with Gasteiger partial charge in [-0.05, 0) is 17.7 Å². The quantitative estimate of drug-likeness (QED) is 0.350. The maximum absolute atomic E-state index is 10.8. The number of hydrogen-bond donors (Lipinski definition) is 0. The minimum absolute atomic E-state index is 0.0381. The summed E-state index contributed by atoms with van der Waals surface area (Å²) in [5.41, 5.74) is 1.01. The smallest absolute Gasteiger partial charge is 0.295 e. The number of carbonyl (C=O) groups excluding carboxylic acids is 1. The molecule has 5 nitrogen and oxygen atoms in total. The maximum Gasteiger partial charge on any atom is 0.295 e. The molecule has 0 spiro atoms. The summed E-state index contributed by atoms with van der Waals surface area (Å²) >= 11 is 0. The predicted molar refractivity (Wildman–Crippen MR) is 63.5 cm³/mol. The largest absolute Gasteiger partial charge is 0.299 e. The van der Waals surface area contributed by atoms with E-state index in [1.54, 1.807) is 24.3 Å². The van der Waals surface area contributed by atoms with Crippen molar-refractivity contribution in [3.8, 4) is 0 Å². The van der Waals surface area contributed by atoms with Crippen molar-refractivity contribution in [2.45, 2.75) is 0 Å². The molecule has 2 rings (SSSR count). The summed E-state index contributed by atoms with van der Waals surface area (Å²) in [5, 5.41) is 11.5. The molecule has 1 heterocycles. The zero-order chi connectivity index (χ0) is 12.3. The lowest BCUT2D eigenvalue weighted by Crippen LogP contribution is -1.92. The molecule has 0 radical (unpaired) electrons. The molecule has 0 saturated carbocycles. The van der Waals surface area contributed by atoms with Crippen molar-refractivity contribution in [1.82, 2.24) is 4.98 Å². The lowest BCUT2D eigenvalue weighted by molar-refractivity contribution is -0.383. The average Bonchev–Trinajstić information content (AvgIpc) is 2.35. The molecule has 0 aliphatic carbocycles. The van der Waals surface area contributed by atoms with E-state index in [0.717, 1.165) is 5.56 Å². The lowest BCUT2D eigenvalue weighted by Gasteiger charge is -2.01. The summed E-state index contributed by atoms with van der Waals surface area (Å²) < 4.78 is 0. The molecule has 0 aliphatic rings. The van der Waals surface area contributed by atoms with E-state index in [-0.39, 0.29) is 5.69 Å². The van der Waals surface area contributed by atoms with Crippen LogP contribution in [0.1, 0.15) is 5.56 Å². The van der Waals surface area contributed by atoms with E-state index in [0.29, 0.717) is 17.2 Å². The normalized spacial score (nSPS) is 10.8. The first-order chi connectivity index (χ1) is 8.24. The molecule has 0 fully saturated rings. The number of benzene rings is 1. The van der Waals surface area contributed by atoms with Gasteiger partial charge in [-0.25, -0.2) is 4.98 Å². The number of rotatable bonds is 3. The number of carbonyl (C=O) groups is 1. The number of hydrogen-bond acceptors (Lipinski definition) is 4. The Kier molecular flexibility index (Phi) is 2.91. The fraction of sp³-hybridized carbons (Fsp3) is 0. The minimum atomic E-state index is -0.470. The summed E-state index contributed by atoms with van der Waals surface area (Å²) in [7, 11) is 0. The van der Waals surface area contributed by atoms with Gasteiger partial charge >= 0.3 is 0 Å². The van der Waals surface area contributed by atoms with Gasteiger partial charge < -0.3 is 0 Å². The lowest BCUT2D eigenvalue weighted by atomic mass is 10.1. The fourth-order valence-corrected chi connectivity index (χ4v) is 1.62. The first kappa shape index (κ1) is 10.9. The van der Waals surface area contributed by atoms with Gasteiger partial charge in [0.2, 0.25) is 0 Å². The third kappa shape index (κ3) is 2.03. The standard InChI is InChI=1S/C12H8N2O3/c15-8-2-3-9-6-7-13-12-10(9)4-1-5-11(12)14(16)17/h1-8H. The van der Waals surface area contributed by atoms with Crippen molar-refractivity contribution in [2.75, 3.05) is 0 Å². The van der Waals surface area contributed by atoms with Crippen molar-refractivity contribution >= 4 is 29.0 Å². The van der Waals surface area contributed by atoms with Crippen molar-refractivity contribution in [2.24, 2.45) is 0 Å². The second-order valence-corrected chi connectivity index (χ2v) is 3.33. The first-order valence-corrected chi connectivity index (χ1v) is 4.88. The molecular formula is C12H8N2O3. The fourth-order valence-electron chi connectivity index (χ4n) is 1.62. The van der Waals surface area contributed by atoms with Gasteiger partial charge in [0.15, 0.2) is 0 Å². The van der Waals surface area contributed by atoms with E-state index in [2.05, 4.69) is 4.98 Å². The van der Waals surface area contributed by atoms with Crippen LogP contribution in [0.5, 0.6) is 0 Å². The molecule has 0 amide bonds. The molecule has 17 heavy (non-hydrogen) atoms. The Morgan fingerprint density at radius 2 is 2.12 bits per heavy atom. The summed E-state index contributed by atoms with van der Waals surface area (Å²) in [5.74, 6) is 0. The molecule has 1 aromatic carbocycles. The average molecular weight is 228 g/mol. The Balaban J connectivity index is 2.74. The number of nitrogens with zero attached hydrogens (tertiary/aromatic N) is 2. The number of nitro groups is 1. The second kappa shape index (κ2) is 4.52. The molecule has 5 heteroatoms. The number of pyridine rings is 1. The van der Waals surface area contributed by atoms with Crippen LogP contribution in [-0.4, -0.2) is 16.2 Å². The van der Waals surface area contributed by atoms with Crippen molar-refractivity contribution in [3.05, 3.63) is 52.2 Å². The zero-order valence-electron chi connectivity index (χ0n) is 8.74. The monoisotopic (exact) mass is 228 g/mol. The van der Waals surface area contributed by atoms with E-state index in [1.165, 1.54) is 18.3 Å². The summed E-state index contributed by atoms with van der Waals surface area (Å²) in [6, 6.07) is 6.44. The first-order valence-electron chi connectivity index (χ1n) is 4.88. The van der Waals surface area contributed by atoms with Crippen molar-refractivity contribution in [1.29, 1.82) is 0 Å². The Morgan fingerprint density at radius 3 is 2.82 bits per heavy atom. The van der Waals surface area contributed by atoms with Crippen molar-refractivity contribution < 1.29 is 9.72 Å². The number of para-hydroxylation sites is 1. The molecule has 0 unspecified atom stereocenters. The molecular weight excluding hydrogens is 220 g/mol. The van der Waals surface area contributed by atoms with Gasteiger partial charge in [-0.1, -0.05) is 18.2 Å². The molecule has 1 aromatic heterocycles. The van der Waals surface area contributed by atoms with Gasteiger partial charge in [-0.15, -0.1) is 0 Å². The highest BCUT2D eigenvalue weighted by molar-refractivity contribution is 5.94. The van der Waals surface area contributed by atoms with Crippen LogP contribution in [0.25, 0.3) is 17.0 Å². The third-order valence-corrected chi connectivity index (χ3v) is 2.33.